The monoisotopic (exact) mass is 650 g/mol. The molecule has 0 fully saturated rings. The Morgan fingerprint density at radius 1 is 0.440 bits per heavy atom. The van der Waals surface area contributed by atoms with E-state index in [0.717, 1.165) is 12.8 Å². The fraction of sp³-hybridized carbons (Fsp3) is 0.320. The highest BCUT2D eigenvalue weighted by atomic mass is 14.5. The van der Waals surface area contributed by atoms with Gasteiger partial charge in [0.1, 0.15) is 0 Å². The van der Waals surface area contributed by atoms with Crippen LogP contribution in [0.4, 0.5) is 0 Å². The summed E-state index contributed by atoms with van der Waals surface area (Å²) in [6.45, 7) is 23.8. The van der Waals surface area contributed by atoms with Crippen LogP contribution in [0.25, 0.3) is 39.0 Å². The normalized spacial score (nSPS) is 18.8. The highest BCUT2D eigenvalue weighted by Gasteiger charge is 2.43. The van der Waals surface area contributed by atoms with E-state index in [4.69, 9.17) is 0 Å². The van der Waals surface area contributed by atoms with Crippen molar-refractivity contribution in [2.75, 3.05) is 0 Å². The second-order valence-electron chi connectivity index (χ2n) is 17.8. The third-order valence-electron chi connectivity index (χ3n) is 13.6. The molecule has 0 saturated carbocycles. The Morgan fingerprint density at radius 2 is 0.960 bits per heavy atom. The highest BCUT2D eigenvalue weighted by molar-refractivity contribution is 5.92. The molecular formula is C50H50. The molecule has 0 N–H and O–H groups in total. The van der Waals surface area contributed by atoms with E-state index in [-0.39, 0.29) is 21.7 Å². The molecule has 0 nitrogen and oxygen atoms in total. The average molecular weight is 651 g/mol. The highest BCUT2D eigenvalue weighted by Crippen LogP contribution is 2.57. The van der Waals surface area contributed by atoms with Gasteiger partial charge in [0.25, 0.3) is 0 Å². The summed E-state index contributed by atoms with van der Waals surface area (Å²) >= 11 is 0. The second kappa shape index (κ2) is 10.1. The lowest BCUT2D eigenvalue weighted by Crippen LogP contribution is -2.19. The van der Waals surface area contributed by atoms with Gasteiger partial charge in [0.05, 0.1) is 0 Å². The number of hydrogen-bond acceptors (Lipinski definition) is 0. The molecule has 0 aliphatic heterocycles. The first-order chi connectivity index (χ1) is 23.6. The third kappa shape index (κ3) is 4.06. The van der Waals surface area contributed by atoms with Crippen molar-refractivity contribution in [1.29, 1.82) is 0 Å². The van der Waals surface area contributed by atoms with Crippen LogP contribution in [-0.4, -0.2) is 0 Å². The summed E-state index contributed by atoms with van der Waals surface area (Å²) in [6, 6.07) is 33.4. The fourth-order valence-corrected chi connectivity index (χ4v) is 10.2. The molecule has 9 rings (SSSR count). The van der Waals surface area contributed by atoms with Gasteiger partial charge in [0, 0.05) is 21.7 Å². The lowest BCUT2D eigenvalue weighted by atomic mass is 9.77. The van der Waals surface area contributed by atoms with E-state index in [9.17, 15) is 0 Å². The Kier molecular flexibility index (Phi) is 6.37. The molecule has 50 heavy (non-hydrogen) atoms. The maximum atomic E-state index is 2.54. The van der Waals surface area contributed by atoms with Gasteiger partial charge >= 0.3 is 0 Å². The van der Waals surface area contributed by atoms with Crippen molar-refractivity contribution < 1.29 is 0 Å². The lowest BCUT2D eigenvalue weighted by molar-refractivity contribution is 0.635. The minimum atomic E-state index is -0.0240. The summed E-state index contributed by atoms with van der Waals surface area (Å²) < 4.78 is 0. The van der Waals surface area contributed by atoms with E-state index >= 15 is 0 Å². The van der Waals surface area contributed by atoms with E-state index in [0.29, 0.717) is 0 Å². The van der Waals surface area contributed by atoms with Crippen molar-refractivity contribution in [3.8, 4) is 33.4 Å². The Balaban J connectivity index is 0.999. The van der Waals surface area contributed by atoms with Gasteiger partial charge in [-0.05, 0) is 134 Å². The van der Waals surface area contributed by atoms with Gasteiger partial charge < -0.3 is 0 Å². The standard InChI is InChI=1S/C50H50/c1-29-19-21-34-39-27-43-38(26-44(39)49(7,8)41(34)23-29)32(30(2)47(43,3)4)16-12-11-15-31-20-22-35-37-25-36-33-17-13-14-18-40(33)48(5,6)45(36)28-46(37)50(9,10)42(35)24-31/h12-14,16-28H,11,15H2,1-10H3. The van der Waals surface area contributed by atoms with Crippen molar-refractivity contribution in [3.05, 3.63) is 158 Å². The predicted molar refractivity (Wildman–Crippen MR) is 213 cm³/mol. The van der Waals surface area contributed by atoms with E-state index < -0.39 is 0 Å². The zero-order chi connectivity index (χ0) is 35.1. The van der Waals surface area contributed by atoms with Crippen LogP contribution in [0.1, 0.15) is 124 Å². The zero-order valence-corrected chi connectivity index (χ0v) is 31.7. The van der Waals surface area contributed by atoms with Gasteiger partial charge in [-0.3, -0.25) is 0 Å². The van der Waals surface area contributed by atoms with E-state index in [1.165, 1.54) is 100 Å². The van der Waals surface area contributed by atoms with Gasteiger partial charge in [0.15, 0.2) is 0 Å². The minimum absolute atomic E-state index is 0.00296. The van der Waals surface area contributed by atoms with Crippen LogP contribution in [0, 0.1) is 6.92 Å². The molecule has 0 bridgehead atoms. The molecular weight excluding hydrogens is 601 g/mol. The van der Waals surface area contributed by atoms with E-state index in [2.05, 4.69) is 166 Å². The summed E-state index contributed by atoms with van der Waals surface area (Å²) in [5.74, 6) is 0. The molecule has 0 spiro atoms. The third-order valence-corrected chi connectivity index (χ3v) is 13.6. The first kappa shape index (κ1) is 31.6. The summed E-state index contributed by atoms with van der Waals surface area (Å²) in [6.07, 6.45) is 6.93. The number of allylic oxidation sites excluding steroid dienone is 4. The first-order valence-electron chi connectivity index (χ1n) is 18.7. The number of aryl methyl sites for hydroxylation is 2. The zero-order valence-electron chi connectivity index (χ0n) is 31.7. The fourth-order valence-electron chi connectivity index (χ4n) is 10.2. The summed E-state index contributed by atoms with van der Waals surface area (Å²) in [5, 5.41) is 0. The number of benzene rings is 5. The number of rotatable bonds is 4. The molecule has 0 heterocycles. The maximum Gasteiger partial charge on any atom is 0.0159 e. The van der Waals surface area contributed by atoms with Crippen LogP contribution < -0.4 is 0 Å². The quantitative estimate of drug-likeness (QED) is 0.182. The van der Waals surface area contributed by atoms with Crippen LogP contribution >= 0.6 is 0 Å². The molecule has 0 saturated heterocycles. The van der Waals surface area contributed by atoms with Crippen molar-refractivity contribution in [1.82, 2.24) is 0 Å². The molecule has 0 heteroatoms. The maximum absolute atomic E-state index is 2.54. The van der Waals surface area contributed by atoms with Gasteiger partial charge in [-0.15, -0.1) is 0 Å². The molecule has 0 unspecified atom stereocenters. The molecule has 0 aromatic heterocycles. The molecule has 0 amide bonds. The van der Waals surface area contributed by atoms with Gasteiger partial charge in [-0.25, -0.2) is 0 Å². The van der Waals surface area contributed by atoms with Crippen LogP contribution in [0.15, 0.2) is 103 Å². The second-order valence-corrected chi connectivity index (χ2v) is 17.8. The molecule has 4 aliphatic carbocycles. The van der Waals surface area contributed by atoms with Crippen molar-refractivity contribution >= 4 is 5.57 Å². The molecule has 0 radical (unpaired) electrons. The summed E-state index contributed by atoms with van der Waals surface area (Å²) in [5.41, 5.74) is 25.8. The van der Waals surface area contributed by atoms with Gasteiger partial charge in [0.2, 0.25) is 0 Å². The Labute approximate surface area is 300 Å². The smallest absolute Gasteiger partial charge is 0.0159 e. The molecule has 250 valence electrons. The minimum Gasteiger partial charge on any atom is -0.0836 e. The van der Waals surface area contributed by atoms with Crippen molar-refractivity contribution in [3.63, 3.8) is 0 Å². The van der Waals surface area contributed by atoms with Crippen LogP contribution in [0.3, 0.4) is 0 Å². The number of hydrogen-bond donors (Lipinski definition) is 0. The summed E-state index contributed by atoms with van der Waals surface area (Å²) in [7, 11) is 0. The molecule has 4 aliphatic rings. The Morgan fingerprint density at radius 3 is 1.68 bits per heavy atom. The van der Waals surface area contributed by atoms with Crippen LogP contribution in [0.2, 0.25) is 0 Å². The van der Waals surface area contributed by atoms with Crippen molar-refractivity contribution in [2.24, 2.45) is 0 Å². The largest absolute Gasteiger partial charge is 0.0836 e. The SMILES string of the molecule is CC1=C(C=CCCc2ccc3c(c2)C(C)(C)c2cc4c(cc2-3)-c2ccccc2C4(C)C)c2cc3c(cc2C1(C)C)-c1ccc(C)cc1C3(C)C. The molecule has 5 aromatic carbocycles. The van der Waals surface area contributed by atoms with E-state index in [1.807, 2.05) is 0 Å². The Hall–Kier alpha value is -4.42. The van der Waals surface area contributed by atoms with Crippen LogP contribution in [0.5, 0.6) is 0 Å². The first-order valence-corrected chi connectivity index (χ1v) is 18.7. The van der Waals surface area contributed by atoms with Crippen molar-refractivity contribution in [2.45, 2.75) is 104 Å². The lowest BCUT2D eigenvalue weighted by Gasteiger charge is -2.26. The number of fused-ring (bicyclic) bond motifs is 10. The van der Waals surface area contributed by atoms with E-state index in [1.54, 1.807) is 0 Å². The molecule has 5 aromatic rings. The van der Waals surface area contributed by atoms with Gasteiger partial charge in [-0.1, -0.05) is 145 Å². The predicted octanol–water partition coefficient (Wildman–Crippen LogP) is 13.2. The molecule has 0 atom stereocenters. The van der Waals surface area contributed by atoms with Gasteiger partial charge in [-0.2, -0.15) is 0 Å². The Bertz CT molecular complexity index is 2380. The average Bonchev–Trinajstić information content (AvgIpc) is 3.62. The van der Waals surface area contributed by atoms with Crippen LogP contribution in [-0.2, 0) is 28.1 Å². The summed E-state index contributed by atoms with van der Waals surface area (Å²) in [4.78, 5) is 0. The topological polar surface area (TPSA) is 0 Å².